The molecule has 0 saturated heterocycles. The number of hydrogen-bond acceptors (Lipinski definition) is 4. The predicted octanol–water partition coefficient (Wildman–Crippen LogP) is 1.28. The Morgan fingerprint density at radius 1 is 1.38 bits per heavy atom. The third kappa shape index (κ3) is 3.63. The van der Waals surface area contributed by atoms with Crippen LogP contribution < -0.4 is 0 Å². The molecule has 88 valence electrons. The number of aliphatic carboxylic acids is 2. The second-order valence-electron chi connectivity index (χ2n) is 3.43. The van der Waals surface area contributed by atoms with E-state index in [1.54, 1.807) is 6.92 Å². The quantitative estimate of drug-likeness (QED) is 0.787. The Labute approximate surface area is 96.9 Å². The van der Waals surface area contributed by atoms with Gasteiger partial charge in [0.2, 0.25) is 0 Å². The van der Waals surface area contributed by atoms with Crippen molar-refractivity contribution in [2.75, 3.05) is 13.1 Å². The molecule has 0 bridgehead atoms. The van der Waals surface area contributed by atoms with Crippen molar-refractivity contribution < 1.29 is 19.8 Å². The van der Waals surface area contributed by atoms with Crippen LogP contribution in [0.4, 0.5) is 0 Å². The lowest BCUT2D eigenvalue weighted by Gasteiger charge is -2.25. The molecule has 0 spiro atoms. The van der Waals surface area contributed by atoms with Crippen LogP contribution in [0.1, 0.15) is 18.5 Å². The molecule has 6 heteroatoms. The van der Waals surface area contributed by atoms with Crippen LogP contribution in [0.3, 0.4) is 0 Å². The normalized spacial score (nSPS) is 12.6. The van der Waals surface area contributed by atoms with E-state index in [2.05, 4.69) is 0 Å². The summed E-state index contributed by atoms with van der Waals surface area (Å²) in [5.41, 5.74) is 0.938. The standard InChI is InChI=1S/C10H13NO4S/c1-7(8-2-3-16-6-8)11(4-9(12)13)5-10(14)15/h2-3,6-7H,4-5H2,1H3,(H,12,13)(H,14,15). The molecule has 0 fully saturated rings. The molecule has 1 aromatic heterocycles. The van der Waals surface area contributed by atoms with Gasteiger partial charge in [-0.2, -0.15) is 11.3 Å². The zero-order valence-electron chi connectivity index (χ0n) is 8.79. The van der Waals surface area contributed by atoms with Crippen molar-refractivity contribution in [1.29, 1.82) is 0 Å². The van der Waals surface area contributed by atoms with E-state index in [1.807, 2.05) is 16.8 Å². The smallest absolute Gasteiger partial charge is 0.317 e. The second-order valence-corrected chi connectivity index (χ2v) is 4.21. The molecule has 0 radical (unpaired) electrons. The first-order chi connectivity index (χ1) is 7.50. The van der Waals surface area contributed by atoms with E-state index < -0.39 is 11.9 Å². The Hall–Kier alpha value is -1.40. The molecule has 1 atom stereocenters. The predicted molar refractivity (Wildman–Crippen MR) is 59.6 cm³/mol. The van der Waals surface area contributed by atoms with Gasteiger partial charge in [-0.25, -0.2) is 0 Å². The van der Waals surface area contributed by atoms with Crippen molar-refractivity contribution >= 4 is 23.3 Å². The summed E-state index contributed by atoms with van der Waals surface area (Å²) in [5, 5.41) is 21.2. The number of carboxylic acids is 2. The van der Waals surface area contributed by atoms with Gasteiger partial charge in [-0.3, -0.25) is 14.5 Å². The van der Waals surface area contributed by atoms with Crippen LogP contribution >= 0.6 is 11.3 Å². The minimum Gasteiger partial charge on any atom is -0.480 e. The highest BCUT2D eigenvalue weighted by Gasteiger charge is 2.20. The summed E-state index contributed by atoms with van der Waals surface area (Å²) in [5.74, 6) is -2.05. The first-order valence-electron chi connectivity index (χ1n) is 4.70. The van der Waals surface area contributed by atoms with Crippen LogP contribution in [0.25, 0.3) is 0 Å². The summed E-state index contributed by atoms with van der Waals surface area (Å²) in [6.07, 6.45) is 0. The average Bonchev–Trinajstić information content (AvgIpc) is 2.66. The lowest BCUT2D eigenvalue weighted by molar-refractivity contribution is -0.142. The van der Waals surface area contributed by atoms with Crippen molar-refractivity contribution in [1.82, 2.24) is 4.90 Å². The van der Waals surface area contributed by atoms with Gasteiger partial charge in [-0.15, -0.1) is 0 Å². The van der Waals surface area contributed by atoms with Gasteiger partial charge in [0.05, 0.1) is 13.1 Å². The second kappa shape index (κ2) is 5.62. The molecular weight excluding hydrogens is 230 g/mol. The molecule has 16 heavy (non-hydrogen) atoms. The molecule has 5 nitrogen and oxygen atoms in total. The van der Waals surface area contributed by atoms with Crippen molar-refractivity contribution in [2.24, 2.45) is 0 Å². The average molecular weight is 243 g/mol. The summed E-state index contributed by atoms with van der Waals surface area (Å²) in [6, 6.07) is 1.66. The van der Waals surface area contributed by atoms with Gasteiger partial charge < -0.3 is 10.2 Å². The summed E-state index contributed by atoms with van der Waals surface area (Å²) < 4.78 is 0. The Kier molecular flexibility index (Phi) is 4.45. The number of carbonyl (C=O) groups is 2. The van der Waals surface area contributed by atoms with Gasteiger partial charge in [-0.05, 0) is 29.3 Å². The lowest BCUT2D eigenvalue weighted by Crippen LogP contribution is -2.36. The van der Waals surface area contributed by atoms with E-state index in [0.29, 0.717) is 0 Å². The number of thiophene rings is 1. The van der Waals surface area contributed by atoms with E-state index >= 15 is 0 Å². The molecule has 1 aromatic rings. The molecule has 1 unspecified atom stereocenters. The van der Waals surface area contributed by atoms with Crippen molar-refractivity contribution in [3.05, 3.63) is 22.4 Å². The number of nitrogens with zero attached hydrogens (tertiary/aromatic N) is 1. The maximum atomic E-state index is 10.6. The van der Waals surface area contributed by atoms with E-state index in [9.17, 15) is 9.59 Å². The molecule has 0 aliphatic carbocycles. The van der Waals surface area contributed by atoms with E-state index in [-0.39, 0.29) is 19.1 Å². The molecule has 0 amide bonds. The van der Waals surface area contributed by atoms with Gasteiger partial charge in [0, 0.05) is 6.04 Å². The minimum atomic E-state index is -1.02. The third-order valence-electron chi connectivity index (χ3n) is 2.25. The van der Waals surface area contributed by atoms with Gasteiger partial charge in [0.1, 0.15) is 0 Å². The first kappa shape index (κ1) is 12.7. The number of hydrogen-bond donors (Lipinski definition) is 2. The van der Waals surface area contributed by atoms with Crippen LogP contribution in [-0.4, -0.2) is 40.1 Å². The highest BCUT2D eigenvalue weighted by molar-refractivity contribution is 7.07. The minimum absolute atomic E-state index is 0.210. The van der Waals surface area contributed by atoms with Crippen LogP contribution in [0.5, 0.6) is 0 Å². The van der Waals surface area contributed by atoms with Crippen LogP contribution in [0.2, 0.25) is 0 Å². The van der Waals surface area contributed by atoms with Gasteiger partial charge in [-0.1, -0.05) is 0 Å². The zero-order chi connectivity index (χ0) is 12.1. The number of rotatable bonds is 6. The van der Waals surface area contributed by atoms with Gasteiger partial charge >= 0.3 is 11.9 Å². The molecule has 0 aromatic carbocycles. The van der Waals surface area contributed by atoms with E-state index in [1.165, 1.54) is 16.2 Å². The van der Waals surface area contributed by atoms with Crippen molar-refractivity contribution in [3.8, 4) is 0 Å². The maximum absolute atomic E-state index is 10.6. The largest absolute Gasteiger partial charge is 0.480 e. The fourth-order valence-electron chi connectivity index (χ4n) is 1.40. The fraction of sp³-hybridized carbons (Fsp3) is 0.400. The summed E-state index contributed by atoms with van der Waals surface area (Å²) >= 11 is 1.50. The SMILES string of the molecule is CC(c1ccsc1)N(CC(=O)O)CC(=O)O. The van der Waals surface area contributed by atoms with Gasteiger partial charge in [0.15, 0.2) is 0 Å². The Bertz CT molecular complexity index is 347. The summed E-state index contributed by atoms with van der Waals surface area (Å²) in [4.78, 5) is 22.7. The Balaban J connectivity index is 2.75. The topological polar surface area (TPSA) is 77.8 Å². The molecule has 2 N–H and O–H groups in total. The van der Waals surface area contributed by atoms with Crippen molar-refractivity contribution in [3.63, 3.8) is 0 Å². The highest BCUT2D eigenvalue weighted by atomic mass is 32.1. The Morgan fingerprint density at radius 3 is 2.31 bits per heavy atom. The molecule has 0 aliphatic heterocycles. The van der Waals surface area contributed by atoms with Crippen LogP contribution in [0, 0.1) is 0 Å². The van der Waals surface area contributed by atoms with E-state index in [4.69, 9.17) is 10.2 Å². The monoisotopic (exact) mass is 243 g/mol. The summed E-state index contributed by atoms with van der Waals surface area (Å²) in [6.45, 7) is 1.25. The number of carboxylic acid groups (broad SMARTS) is 2. The molecule has 1 heterocycles. The molecule has 1 rings (SSSR count). The zero-order valence-corrected chi connectivity index (χ0v) is 9.61. The van der Waals surface area contributed by atoms with Crippen LogP contribution in [-0.2, 0) is 9.59 Å². The first-order valence-corrected chi connectivity index (χ1v) is 5.64. The Morgan fingerprint density at radius 2 is 1.94 bits per heavy atom. The molecular formula is C10H13NO4S. The molecule has 0 aliphatic rings. The van der Waals surface area contributed by atoms with E-state index in [0.717, 1.165) is 5.56 Å². The van der Waals surface area contributed by atoms with Crippen LogP contribution in [0.15, 0.2) is 16.8 Å². The third-order valence-corrected chi connectivity index (χ3v) is 2.95. The lowest BCUT2D eigenvalue weighted by atomic mass is 10.1. The summed E-state index contributed by atoms with van der Waals surface area (Å²) in [7, 11) is 0. The maximum Gasteiger partial charge on any atom is 0.317 e. The molecule has 0 saturated carbocycles. The van der Waals surface area contributed by atoms with Crippen molar-refractivity contribution in [2.45, 2.75) is 13.0 Å². The highest BCUT2D eigenvalue weighted by Crippen LogP contribution is 2.21. The fourth-order valence-corrected chi connectivity index (χ4v) is 2.15. The van der Waals surface area contributed by atoms with Gasteiger partial charge in [0.25, 0.3) is 0 Å².